The lowest BCUT2D eigenvalue weighted by Crippen LogP contribution is -2.26. The number of fused-ring (bicyclic) bond motifs is 2. The van der Waals surface area contributed by atoms with Crippen LogP contribution in [0.1, 0.15) is 24.2 Å². The van der Waals surface area contributed by atoms with Gasteiger partial charge in [0.2, 0.25) is 10.0 Å². The van der Waals surface area contributed by atoms with Crippen LogP contribution in [-0.2, 0) is 16.6 Å². The number of aliphatic hydroxyl groups is 1. The molecule has 0 atom stereocenters. The van der Waals surface area contributed by atoms with Crippen molar-refractivity contribution < 1.29 is 31.9 Å². The molecule has 0 saturated carbocycles. The molecule has 2 aromatic heterocycles. The summed E-state index contributed by atoms with van der Waals surface area (Å²) in [5.74, 6) is -0.130. The normalized spacial score (nSPS) is 12.1. The fourth-order valence-electron chi connectivity index (χ4n) is 5.98. The van der Waals surface area contributed by atoms with Crippen LogP contribution in [0.4, 0.5) is 10.1 Å². The highest BCUT2D eigenvalue weighted by atomic mass is 32.2. The van der Waals surface area contributed by atoms with E-state index in [4.69, 9.17) is 9.15 Å². The lowest BCUT2D eigenvalue weighted by molar-refractivity contribution is 0.0632. The van der Waals surface area contributed by atoms with Gasteiger partial charge in [-0.1, -0.05) is 18.2 Å². The zero-order chi connectivity index (χ0) is 34.5. The van der Waals surface area contributed by atoms with Crippen LogP contribution in [0.3, 0.4) is 0 Å². The van der Waals surface area contributed by atoms with Crippen molar-refractivity contribution in [1.29, 1.82) is 0 Å². The Hall–Kier alpha value is -5.13. The molecule has 1 amide bonds. The van der Waals surface area contributed by atoms with E-state index in [0.29, 0.717) is 40.1 Å². The number of rotatable bonds is 9. The van der Waals surface area contributed by atoms with Crippen LogP contribution in [0.15, 0.2) is 89.3 Å². The number of carbonyl (C=O) groups is 1. The van der Waals surface area contributed by atoms with Crippen molar-refractivity contribution in [3.8, 4) is 39.5 Å². The molecule has 0 saturated heterocycles. The summed E-state index contributed by atoms with van der Waals surface area (Å²) >= 11 is 0. The summed E-state index contributed by atoms with van der Waals surface area (Å²) in [5.41, 5.74) is 3.92. The SMILES string of the molecule is CNC(=O)c1c(-c2ccc(F)cc2)oc2cc(N(C)S(C)(=O)=O)c(-c3cc(OC)cc(-c4cc5ccccc5n4CC(C)(C)O)c3)cc12. The minimum absolute atomic E-state index is 0.219. The summed E-state index contributed by atoms with van der Waals surface area (Å²) in [7, 11) is 0.755. The van der Waals surface area contributed by atoms with Crippen molar-refractivity contribution in [1.82, 2.24) is 9.88 Å². The molecule has 48 heavy (non-hydrogen) atoms. The van der Waals surface area contributed by atoms with Gasteiger partial charge in [-0.3, -0.25) is 9.10 Å². The van der Waals surface area contributed by atoms with Crippen molar-refractivity contribution in [2.45, 2.75) is 26.0 Å². The van der Waals surface area contributed by atoms with Gasteiger partial charge in [-0.25, -0.2) is 12.8 Å². The van der Waals surface area contributed by atoms with E-state index in [1.54, 1.807) is 39.2 Å². The number of carbonyl (C=O) groups excluding carboxylic acids is 1. The molecule has 0 unspecified atom stereocenters. The summed E-state index contributed by atoms with van der Waals surface area (Å²) in [5, 5.41) is 14.9. The van der Waals surface area contributed by atoms with Crippen LogP contribution in [0.2, 0.25) is 0 Å². The first-order chi connectivity index (χ1) is 22.7. The highest BCUT2D eigenvalue weighted by Crippen LogP contribution is 2.43. The van der Waals surface area contributed by atoms with Gasteiger partial charge >= 0.3 is 0 Å². The Morgan fingerprint density at radius 1 is 1.00 bits per heavy atom. The monoisotopic (exact) mass is 669 g/mol. The molecule has 0 aliphatic rings. The van der Waals surface area contributed by atoms with Gasteiger partial charge in [-0.15, -0.1) is 0 Å². The fraction of sp³-hybridized carbons (Fsp3) is 0.216. The molecule has 6 aromatic rings. The second-order valence-corrected chi connectivity index (χ2v) is 14.4. The Kier molecular flexibility index (Phi) is 8.30. The maximum Gasteiger partial charge on any atom is 0.255 e. The van der Waals surface area contributed by atoms with Crippen molar-refractivity contribution in [2.75, 3.05) is 31.8 Å². The van der Waals surface area contributed by atoms with Crippen molar-refractivity contribution >= 4 is 43.5 Å². The van der Waals surface area contributed by atoms with Gasteiger partial charge in [-0.2, -0.15) is 0 Å². The Labute approximate surface area is 278 Å². The molecule has 0 radical (unpaired) electrons. The summed E-state index contributed by atoms with van der Waals surface area (Å²) in [4.78, 5) is 13.4. The van der Waals surface area contributed by atoms with Crippen LogP contribution in [0, 0.1) is 5.82 Å². The Morgan fingerprint density at radius 3 is 2.33 bits per heavy atom. The van der Waals surface area contributed by atoms with Crippen LogP contribution in [0.5, 0.6) is 5.75 Å². The number of hydrogen-bond acceptors (Lipinski definition) is 6. The number of benzene rings is 4. The molecule has 9 nitrogen and oxygen atoms in total. The average molecular weight is 670 g/mol. The van der Waals surface area contributed by atoms with E-state index in [9.17, 15) is 22.7 Å². The quantitative estimate of drug-likeness (QED) is 0.170. The molecule has 0 bridgehead atoms. The largest absolute Gasteiger partial charge is 0.497 e. The van der Waals surface area contributed by atoms with Crippen molar-refractivity contribution in [3.05, 3.63) is 96.3 Å². The minimum atomic E-state index is -3.75. The molecular formula is C37H36FN3O6S. The summed E-state index contributed by atoms with van der Waals surface area (Å²) < 4.78 is 54.9. The van der Waals surface area contributed by atoms with Gasteiger partial charge in [0.25, 0.3) is 5.91 Å². The van der Waals surface area contributed by atoms with Crippen LogP contribution < -0.4 is 14.4 Å². The third-order valence-corrected chi connectivity index (χ3v) is 9.50. The molecule has 0 spiro atoms. The van der Waals surface area contributed by atoms with E-state index < -0.39 is 27.3 Å². The lowest BCUT2D eigenvalue weighted by atomic mass is 9.96. The molecule has 2 heterocycles. The molecule has 0 fully saturated rings. The van der Waals surface area contributed by atoms with Gasteiger partial charge in [0.15, 0.2) is 0 Å². The highest BCUT2D eigenvalue weighted by molar-refractivity contribution is 7.92. The number of anilines is 1. The van der Waals surface area contributed by atoms with Crippen LogP contribution in [-0.4, -0.2) is 57.1 Å². The number of amides is 1. The number of ether oxygens (including phenoxy) is 1. The van der Waals surface area contributed by atoms with E-state index in [2.05, 4.69) is 9.88 Å². The number of furan rings is 1. The molecule has 4 aromatic carbocycles. The number of sulfonamides is 1. The van der Waals surface area contributed by atoms with Gasteiger partial charge in [0.1, 0.15) is 22.9 Å². The zero-order valence-electron chi connectivity index (χ0n) is 27.5. The summed E-state index contributed by atoms with van der Waals surface area (Å²) in [6, 6.07) is 24.5. The Balaban J connectivity index is 1.66. The molecule has 0 aliphatic carbocycles. The second kappa shape index (κ2) is 12.1. The Morgan fingerprint density at radius 2 is 1.69 bits per heavy atom. The van der Waals surface area contributed by atoms with E-state index in [-0.39, 0.29) is 16.9 Å². The second-order valence-electron chi connectivity index (χ2n) is 12.4. The lowest BCUT2D eigenvalue weighted by Gasteiger charge is -2.23. The molecule has 248 valence electrons. The van der Waals surface area contributed by atoms with Crippen LogP contribution >= 0.6 is 0 Å². The Bertz CT molecular complexity index is 2300. The standard InChI is InChI=1S/C37H36FN3O6S/c1-37(2,43)21-41-30-10-8-7-9-23(30)18-31(41)25-15-24(16-27(17-25)46-5)28-19-29-33(20-32(28)40(4)48(6,44)45)47-35(34(29)36(42)39-3)22-11-13-26(38)14-12-22/h7-20,43H,21H2,1-6H3,(H,39,42). The van der Waals surface area contributed by atoms with E-state index in [0.717, 1.165) is 32.7 Å². The maximum absolute atomic E-state index is 13.8. The van der Waals surface area contributed by atoms with Gasteiger partial charge < -0.3 is 24.1 Å². The number of nitrogens with zero attached hydrogens (tertiary/aromatic N) is 2. The van der Waals surface area contributed by atoms with Crippen molar-refractivity contribution in [3.63, 3.8) is 0 Å². The average Bonchev–Trinajstić information content (AvgIpc) is 3.60. The highest BCUT2D eigenvalue weighted by Gasteiger charge is 2.27. The van der Waals surface area contributed by atoms with E-state index in [1.807, 2.05) is 42.5 Å². The number of hydrogen-bond donors (Lipinski definition) is 2. The number of nitrogens with one attached hydrogen (secondary N) is 1. The van der Waals surface area contributed by atoms with E-state index >= 15 is 0 Å². The molecular weight excluding hydrogens is 633 g/mol. The topological polar surface area (TPSA) is 114 Å². The van der Waals surface area contributed by atoms with Gasteiger partial charge in [0.05, 0.1) is 36.8 Å². The van der Waals surface area contributed by atoms with Gasteiger partial charge in [-0.05, 0) is 80.1 Å². The fourth-order valence-corrected chi connectivity index (χ4v) is 6.49. The van der Waals surface area contributed by atoms with Crippen molar-refractivity contribution in [2.24, 2.45) is 0 Å². The predicted octanol–water partition coefficient (Wildman–Crippen LogP) is 7.06. The number of para-hydroxylation sites is 1. The first-order valence-electron chi connectivity index (χ1n) is 15.2. The molecule has 11 heteroatoms. The summed E-state index contributed by atoms with van der Waals surface area (Å²) in [6.45, 7) is 3.81. The number of halogens is 1. The van der Waals surface area contributed by atoms with Crippen LogP contribution in [0.25, 0.3) is 55.6 Å². The van der Waals surface area contributed by atoms with E-state index in [1.165, 1.54) is 38.4 Å². The molecule has 6 rings (SSSR count). The third kappa shape index (κ3) is 6.14. The first kappa shape index (κ1) is 32.8. The number of aromatic nitrogens is 1. The number of methoxy groups -OCH3 is 1. The molecule has 2 N–H and O–H groups in total. The minimum Gasteiger partial charge on any atom is -0.497 e. The zero-order valence-corrected chi connectivity index (χ0v) is 28.3. The predicted molar refractivity (Wildman–Crippen MR) is 187 cm³/mol. The maximum atomic E-state index is 13.8. The van der Waals surface area contributed by atoms with Gasteiger partial charge in [0, 0.05) is 58.8 Å². The first-order valence-corrected chi connectivity index (χ1v) is 17.1. The molecule has 0 aliphatic heterocycles. The summed E-state index contributed by atoms with van der Waals surface area (Å²) in [6.07, 6.45) is 1.11. The third-order valence-electron chi connectivity index (χ3n) is 8.31. The smallest absolute Gasteiger partial charge is 0.255 e.